The lowest BCUT2D eigenvalue weighted by Gasteiger charge is -2.01. The summed E-state index contributed by atoms with van der Waals surface area (Å²) in [6, 6.07) is 27.5. The molecule has 0 aliphatic heterocycles. The average Bonchev–Trinajstić information content (AvgIpc) is 3.48. The first-order valence-corrected chi connectivity index (χ1v) is 12.6. The van der Waals surface area contributed by atoms with Gasteiger partial charge in [-0.1, -0.05) is 89.7 Å². The zero-order valence-electron chi connectivity index (χ0n) is 19.9. The molecule has 0 aliphatic rings. The van der Waals surface area contributed by atoms with Gasteiger partial charge in [0.2, 0.25) is 4.96 Å². The SMILES string of the molecule is Cc1ccc(Cc2nn3c(=O)/c(=C/c4cn(-c5ccccc5)nc4-c4ccccc4)sc3nc2=O)cc1. The molecule has 3 aromatic carbocycles. The van der Waals surface area contributed by atoms with Gasteiger partial charge in [-0.3, -0.25) is 9.59 Å². The molecule has 180 valence electrons. The monoisotopic (exact) mass is 503 g/mol. The van der Waals surface area contributed by atoms with Gasteiger partial charge in [0, 0.05) is 23.7 Å². The second-order valence-electron chi connectivity index (χ2n) is 8.72. The number of nitrogens with zero attached hydrogens (tertiary/aromatic N) is 5. The quantitative estimate of drug-likeness (QED) is 0.357. The molecule has 0 N–H and O–H groups in total. The van der Waals surface area contributed by atoms with E-state index in [4.69, 9.17) is 5.10 Å². The molecule has 6 aromatic rings. The van der Waals surface area contributed by atoms with Crippen molar-refractivity contribution in [2.45, 2.75) is 13.3 Å². The van der Waals surface area contributed by atoms with Crippen LogP contribution in [0.1, 0.15) is 22.4 Å². The first-order valence-electron chi connectivity index (χ1n) is 11.8. The van der Waals surface area contributed by atoms with Crippen molar-refractivity contribution in [1.82, 2.24) is 24.4 Å². The molecule has 0 bridgehead atoms. The Morgan fingerprint density at radius 3 is 2.30 bits per heavy atom. The van der Waals surface area contributed by atoms with Gasteiger partial charge >= 0.3 is 0 Å². The number of hydrogen-bond donors (Lipinski definition) is 0. The summed E-state index contributed by atoms with van der Waals surface area (Å²) in [6.45, 7) is 2.00. The molecular weight excluding hydrogens is 482 g/mol. The molecule has 0 fully saturated rings. The Hall–Kier alpha value is -4.69. The van der Waals surface area contributed by atoms with Gasteiger partial charge in [0.25, 0.3) is 11.1 Å². The minimum absolute atomic E-state index is 0.240. The van der Waals surface area contributed by atoms with E-state index in [2.05, 4.69) is 10.1 Å². The van der Waals surface area contributed by atoms with Gasteiger partial charge in [0.05, 0.1) is 15.9 Å². The summed E-state index contributed by atoms with van der Waals surface area (Å²) in [5.74, 6) is 0. The Kier molecular flexibility index (Phi) is 5.78. The van der Waals surface area contributed by atoms with Crippen LogP contribution in [0.5, 0.6) is 0 Å². The molecule has 8 heteroatoms. The van der Waals surface area contributed by atoms with Crippen molar-refractivity contribution in [3.63, 3.8) is 0 Å². The fraction of sp³-hybridized carbons (Fsp3) is 0.0690. The summed E-state index contributed by atoms with van der Waals surface area (Å²) in [5, 5.41) is 9.20. The van der Waals surface area contributed by atoms with Crippen LogP contribution < -0.4 is 15.7 Å². The van der Waals surface area contributed by atoms with Crippen LogP contribution in [0.15, 0.2) is 101 Å². The molecule has 0 radical (unpaired) electrons. The number of thiazole rings is 1. The first kappa shape index (κ1) is 22.8. The van der Waals surface area contributed by atoms with Crippen molar-refractivity contribution in [2.75, 3.05) is 0 Å². The minimum Gasteiger partial charge on any atom is -0.266 e. The average molecular weight is 504 g/mol. The van der Waals surface area contributed by atoms with Crippen LogP contribution in [0.3, 0.4) is 0 Å². The molecule has 0 unspecified atom stereocenters. The molecule has 0 amide bonds. The highest BCUT2D eigenvalue weighted by molar-refractivity contribution is 7.15. The summed E-state index contributed by atoms with van der Waals surface area (Å²) >= 11 is 1.14. The minimum atomic E-state index is -0.421. The Morgan fingerprint density at radius 2 is 1.57 bits per heavy atom. The second-order valence-corrected chi connectivity index (χ2v) is 9.72. The molecule has 0 spiro atoms. The lowest BCUT2D eigenvalue weighted by atomic mass is 10.1. The topological polar surface area (TPSA) is 82.2 Å². The van der Waals surface area contributed by atoms with Crippen molar-refractivity contribution >= 4 is 22.4 Å². The van der Waals surface area contributed by atoms with Crippen molar-refractivity contribution in [3.8, 4) is 16.9 Å². The Balaban J connectivity index is 1.47. The molecule has 3 heterocycles. The van der Waals surface area contributed by atoms with E-state index in [1.54, 1.807) is 10.8 Å². The molecule has 0 saturated carbocycles. The predicted octanol–water partition coefficient (Wildman–Crippen LogP) is 3.81. The van der Waals surface area contributed by atoms with Crippen LogP contribution in [0, 0.1) is 6.92 Å². The third-order valence-corrected chi connectivity index (χ3v) is 7.00. The van der Waals surface area contributed by atoms with E-state index >= 15 is 0 Å². The van der Waals surface area contributed by atoms with Gasteiger partial charge in [-0.15, -0.1) is 0 Å². The molecule has 0 saturated heterocycles. The fourth-order valence-corrected chi connectivity index (χ4v) is 5.01. The zero-order valence-corrected chi connectivity index (χ0v) is 20.7. The summed E-state index contributed by atoms with van der Waals surface area (Å²) < 4.78 is 3.45. The van der Waals surface area contributed by atoms with Gasteiger partial charge < -0.3 is 0 Å². The molecule has 7 nitrogen and oxygen atoms in total. The second kappa shape index (κ2) is 9.40. The summed E-state index contributed by atoms with van der Waals surface area (Å²) in [7, 11) is 0. The van der Waals surface area contributed by atoms with Crippen LogP contribution in [0.4, 0.5) is 0 Å². The number of benzene rings is 3. The Labute approximate surface area is 215 Å². The maximum Gasteiger partial charge on any atom is 0.296 e. The predicted molar refractivity (Wildman–Crippen MR) is 145 cm³/mol. The van der Waals surface area contributed by atoms with Crippen molar-refractivity contribution in [3.05, 3.63) is 139 Å². The first-order chi connectivity index (χ1) is 18.0. The highest BCUT2D eigenvalue weighted by Crippen LogP contribution is 2.24. The molecular formula is C29H21N5O2S. The van der Waals surface area contributed by atoms with Gasteiger partial charge in [-0.05, 0) is 30.7 Å². The van der Waals surface area contributed by atoms with Crippen LogP contribution in [-0.4, -0.2) is 24.4 Å². The van der Waals surface area contributed by atoms with Crippen molar-refractivity contribution < 1.29 is 0 Å². The van der Waals surface area contributed by atoms with E-state index in [0.29, 0.717) is 11.0 Å². The number of aromatic nitrogens is 5. The van der Waals surface area contributed by atoms with E-state index in [1.807, 2.05) is 98.0 Å². The molecule has 3 aromatic heterocycles. The van der Waals surface area contributed by atoms with Gasteiger partial charge in [-0.2, -0.15) is 19.7 Å². The van der Waals surface area contributed by atoms with E-state index in [1.165, 1.54) is 4.52 Å². The smallest absolute Gasteiger partial charge is 0.266 e. The highest BCUT2D eigenvalue weighted by Gasteiger charge is 2.14. The standard InChI is InChI=1S/C29H21N5O2S/c1-19-12-14-20(15-13-19)16-24-27(35)30-29-34(31-24)28(36)25(37-29)17-22-18-33(23-10-6-3-7-11-23)32-26(22)21-8-4-2-5-9-21/h2-15,17-18H,16H2,1H3/b25-17-. The third-order valence-electron chi connectivity index (χ3n) is 6.04. The van der Waals surface area contributed by atoms with Crippen LogP contribution in [-0.2, 0) is 6.42 Å². The van der Waals surface area contributed by atoms with E-state index < -0.39 is 5.56 Å². The van der Waals surface area contributed by atoms with Crippen molar-refractivity contribution in [2.24, 2.45) is 0 Å². The molecule has 6 rings (SSSR count). The summed E-state index contributed by atoms with van der Waals surface area (Å²) in [5.41, 5.74) is 4.94. The Morgan fingerprint density at radius 1 is 0.865 bits per heavy atom. The number of aryl methyl sites for hydroxylation is 1. The maximum atomic E-state index is 13.3. The maximum absolute atomic E-state index is 13.3. The number of rotatable bonds is 5. The normalized spacial score (nSPS) is 11.9. The fourth-order valence-electron chi connectivity index (χ4n) is 4.12. The Bertz CT molecular complexity index is 1890. The third kappa shape index (κ3) is 4.50. The van der Waals surface area contributed by atoms with E-state index in [0.717, 1.165) is 45.0 Å². The van der Waals surface area contributed by atoms with E-state index in [9.17, 15) is 9.59 Å². The van der Waals surface area contributed by atoms with Crippen LogP contribution in [0.2, 0.25) is 0 Å². The summed E-state index contributed by atoms with van der Waals surface area (Å²) in [4.78, 5) is 30.4. The van der Waals surface area contributed by atoms with Gasteiger partial charge in [0.15, 0.2) is 0 Å². The lowest BCUT2D eigenvalue weighted by molar-refractivity contribution is 0.811. The zero-order chi connectivity index (χ0) is 25.4. The van der Waals surface area contributed by atoms with Crippen molar-refractivity contribution in [1.29, 1.82) is 0 Å². The van der Waals surface area contributed by atoms with Crippen LogP contribution >= 0.6 is 11.3 Å². The number of para-hydroxylation sites is 1. The largest absolute Gasteiger partial charge is 0.296 e. The molecule has 37 heavy (non-hydrogen) atoms. The molecule has 0 aliphatic carbocycles. The van der Waals surface area contributed by atoms with Crippen LogP contribution in [0.25, 0.3) is 28.0 Å². The summed E-state index contributed by atoms with van der Waals surface area (Å²) in [6.07, 6.45) is 4.00. The van der Waals surface area contributed by atoms with Gasteiger partial charge in [-0.25, -0.2) is 4.68 Å². The lowest BCUT2D eigenvalue weighted by Crippen LogP contribution is -2.28. The molecule has 0 atom stereocenters. The number of fused-ring (bicyclic) bond motifs is 1. The number of hydrogen-bond acceptors (Lipinski definition) is 6. The highest BCUT2D eigenvalue weighted by atomic mass is 32.1. The van der Waals surface area contributed by atoms with Gasteiger partial charge in [0.1, 0.15) is 5.69 Å². The van der Waals surface area contributed by atoms with E-state index in [-0.39, 0.29) is 16.2 Å².